The lowest BCUT2D eigenvalue weighted by atomic mass is 10.0. The van der Waals surface area contributed by atoms with E-state index in [1.54, 1.807) is 0 Å². The van der Waals surface area contributed by atoms with Gasteiger partial charge in [-0.2, -0.15) is 0 Å². The predicted octanol–water partition coefficient (Wildman–Crippen LogP) is 2.51. The molecule has 0 saturated carbocycles. The minimum absolute atomic E-state index is 0.347. The van der Waals surface area contributed by atoms with Gasteiger partial charge in [-0.3, -0.25) is 9.88 Å². The summed E-state index contributed by atoms with van der Waals surface area (Å²) in [4.78, 5) is 6.93. The van der Waals surface area contributed by atoms with Crippen molar-refractivity contribution < 1.29 is 0 Å². The molecule has 2 heterocycles. The first kappa shape index (κ1) is 13.5. The molecule has 1 saturated heterocycles. The van der Waals surface area contributed by atoms with E-state index in [1.165, 1.54) is 37.9 Å². The fourth-order valence-electron chi connectivity index (χ4n) is 2.96. The zero-order valence-corrected chi connectivity index (χ0v) is 11.6. The molecule has 2 atom stereocenters. The number of nitrogens with two attached hydrogens (primary N) is 1. The third kappa shape index (κ3) is 3.09. The summed E-state index contributed by atoms with van der Waals surface area (Å²) in [6, 6.07) is 4.60. The maximum absolute atomic E-state index is 5.97. The highest BCUT2D eigenvalue weighted by atomic mass is 15.2. The second-order valence-electron chi connectivity index (χ2n) is 5.42. The molecule has 0 spiro atoms. The molecule has 2 N–H and O–H groups in total. The quantitative estimate of drug-likeness (QED) is 0.869. The van der Waals surface area contributed by atoms with Crippen molar-refractivity contribution in [2.24, 2.45) is 11.7 Å². The van der Waals surface area contributed by atoms with Crippen molar-refractivity contribution in [1.82, 2.24) is 9.88 Å². The average molecular weight is 247 g/mol. The normalized spacial score (nSPS) is 22.3. The van der Waals surface area contributed by atoms with Gasteiger partial charge in [-0.1, -0.05) is 19.4 Å². The van der Waals surface area contributed by atoms with Gasteiger partial charge in [0.25, 0.3) is 0 Å². The van der Waals surface area contributed by atoms with Gasteiger partial charge in [-0.15, -0.1) is 0 Å². The molecule has 1 aliphatic heterocycles. The van der Waals surface area contributed by atoms with Crippen LogP contribution in [0.4, 0.5) is 0 Å². The number of hydrogen-bond donors (Lipinski definition) is 1. The molecule has 3 heteroatoms. The van der Waals surface area contributed by atoms with Crippen LogP contribution in [0.5, 0.6) is 0 Å². The number of nitrogens with zero attached hydrogens (tertiary/aromatic N) is 2. The highest BCUT2D eigenvalue weighted by Gasteiger charge is 2.27. The summed E-state index contributed by atoms with van der Waals surface area (Å²) < 4.78 is 0. The molecule has 2 rings (SSSR count). The van der Waals surface area contributed by atoms with E-state index in [0.717, 1.165) is 11.6 Å². The molecule has 100 valence electrons. The van der Waals surface area contributed by atoms with E-state index in [2.05, 4.69) is 28.9 Å². The maximum atomic E-state index is 5.97. The van der Waals surface area contributed by atoms with E-state index in [1.807, 2.05) is 13.1 Å². The first-order valence-corrected chi connectivity index (χ1v) is 7.11. The summed E-state index contributed by atoms with van der Waals surface area (Å²) in [5, 5.41) is 0. The van der Waals surface area contributed by atoms with Crippen molar-refractivity contribution in [3.05, 3.63) is 29.6 Å². The van der Waals surface area contributed by atoms with Crippen LogP contribution in [0.15, 0.2) is 18.3 Å². The molecule has 18 heavy (non-hydrogen) atoms. The molecule has 1 fully saturated rings. The monoisotopic (exact) mass is 247 g/mol. The van der Waals surface area contributed by atoms with Gasteiger partial charge >= 0.3 is 0 Å². The Morgan fingerprint density at radius 3 is 2.94 bits per heavy atom. The van der Waals surface area contributed by atoms with Gasteiger partial charge in [-0.05, 0) is 43.9 Å². The highest BCUT2D eigenvalue weighted by molar-refractivity contribution is 5.18. The van der Waals surface area contributed by atoms with Gasteiger partial charge in [-0.25, -0.2) is 0 Å². The zero-order chi connectivity index (χ0) is 13.0. The standard InChI is InChI=1S/C15H25N3/c1-3-4-13-7-8-18(11-13)15(9-16)14-6-5-12(2)17-10-14/h5-6,10,13,15H,3-4,7-9,11,16H2,1-2H3. The van der Waals surface area contributed by atoms with E-state index in [9.17, 15) is 0 Å². The van der Waals surface area contributed by atoms with E-state index < -0.39 is 0 Å². The van der Waals surface area contributed by atoms with Gasteiger partial charge in [0.1, 0.15) is 0 Å². The minimum Gasteiger partial charge on any atom is -0.329 e. The van der Waals surface area contributed by atoms with Crippen molar-refractivity contribution in [3.63, 3.8) is 0 Å². The van der Waals surface area contributed by atoms with Crippen LogP contribution in [-0.2, 0) is 0 Å². The molecule has 1 aromatic heterocycles. The van der Waals surface area contributed by atoms with E-state index >= 15 is 0 Å². The van der Waals surface area contributed by atoms with Crippen LogP contribution in [0.2, 0.25) is 0 Å². The summed E-state index contributed by atoms with van der Waals surface area (Å²) in [5.41, 5.74) is 8.31. The summed E-state index contributed by atoms with van der Waals surface area (Å²) in [5.74, 6) is 0.863. The molecule has 0 aliphatic carbocycles. The van der Waals surface area contributed by atoms with Crippen molar-refractivity contribution in [3.8, 4) is 0 Å². The van der Waals surface area contributed by atoms with Crippen LogP contribution in [0, 0.1) is 12.8 Å². The summed E-state index contributed by atoms with van der Waals surface area (Å²) in [6.07, 6.45) is 5.95. The van der Waals surface area contributed by atoms with Gasteiger partial charge in [0.2, 0.25) is 0 Å². The number of aromatic nitrogens is 1. The fourth-order valence-corrected chi connectivity index (χ4v) is 2.96. The van der Waals surface area contributed by atoms with Crippen molar-refractivity contribution in [2.75, 3.05) is 19.6 Å². The van der Waals surface area contributed by atoms with Crippen LogP contribution in [-0.4, -0.2) is 29.5 Å². The molecule has 0 radical (unpaired) electrons. The van der Waals surface area contributed by atoms with Crippen molar-refractivity contribution in [1.29, 1.82) is 0 Å². The lowest BCUT2D eigenvalue weighted by molar-refractivity contribution is 0.239. The lowest BCUT2D eigenvalue weighted by Crippen LogP contribution is -2.32. The van der Waals surface area contributed by atoms with Gasteiger partial charge in [0.05, 0.1) is 0 Å². The topological polar surface area (TPSA) is 42.1 Å². The molecule has 1 aromatic rings. The number of likely N-dealkylation sites (tertiary alicyclic amines) is 1. The van der Waals surface area contributed by atoms with E-state index in [0.29, 0.717) is 12.6 Å². The third-order valence-electron chi connectivity index (χ3n) is 4.00. The Morgan fingerprint density at radius 2 is 2.33 bits per heavy atom. The summed E-state index contributed by atoms with van der Waals surface area (Å²) in [7, 11) is 0. The zero-order valence-electron chi connectivity index (χ0n) is 11.6. The first-order valence-electron chi connectivity index (χ1n) is 7.11. The first-order chi connectivity index (χ1) is 8.74. The van der Waals surface area contributed by atoms with Gasteiger partial charge < -0.3 is 5.73 Å². The van der Waals surface area contributed by atoms with Gasteiger partial charge in [0, 0.05) is 31.0 Å². The Bertz CT molecular complexity index is 361. The van der Waals surface area contributed by atoms with Crippen LogP contribution < -0.4 is 5.73 Å². The molecule has 2 unspecified atom stereocenters. The Kier molecular flexibility index (Phi) is 4.72. The van der Waals surface area contributed by atoms with Crippen LogP contribution in [0.1, 0.15) is 43.5 Å². The lowest BCUT2D eigenvalue weighted by Gasteiger charge is -2.27. The van der Waals surface area contributed by atoms with E-state index in [-0.39, 0.29) is 0 Å². The average Bonchev–Trinajstić information content (AvgIpc) is 2.82. The molecule has 0 aromatic carbocycles. The SMILES string of the molecule is CCCC1CCN(C(CN)c2ccc(C)nc2)C1. The highest BCUT2D eigenvalue weighted by Crippen LogP contribution is 2.28. The molecular weight excluding hydrogens is 222 g/mol. The molecule has 0 amide bonds. The Morgan fingerprint density at radius 1 is 1.50 bits per heavy atom. The molecule has 0 bridgehead atoms. The van der Waals surface area contributed by atoms with Crippen molar-refractivity contribution in [2.45, 2.75) is 39.2 Å². The van der Waals surface area contributed by atoms with E-state index in [4.69, 9.17) is 5.73 Å². The number of hydrogen-bond acceptors (Lipinski definition) is 3. The van der Waals surface area contributed by atoms with Crippen LogP contribution >= 0.6 is 0 Å². The second kappa shape index (κ2) is 6.30. The van der Waals surface area contributed by atoms with Crippen LogP contribution in [0.3, 0.4) is 0 Å². The predicted molar refractivity (Wildman–Crippen MR) is 75.4 cm³/mol. The van der Waals surface area contributed by atoms with Crippen LogP contribution in [0.25, 0.3) is 0 Å². The third-order valence-corrected chi connectivity index (χ3v) is 4.00. The second-order valence-corrected chi connectivity index (χ2v) is 5.42. The number of aryl methyl sites for hydroxylation is 1. The molecular formula is C15H25N3. The Hall–Kier alpha value is -0.930. The fraction of sp³-hybridized carbons (Fsp3) is 0.667. The smallest absolute Gasteiger partial charge is 0.0485 e. The largest absolute Gasteiger partial charge is 0.329 e. The maximum Gasteiger partial charge on any atom is 0.0485 e. The van der Waals surface area contributed by atoms with Gasteiger partial charge in [0.15, 0.2) is 0 Å². The summed E-state index contributed by atoms with van der Waals surface area (Å²) >= 11 is 0. The summed E-state index contributed by atoms with van der Waals surface area (Å²) in [6.45, 7) is 7.36. The Balaban J connectivity index is 2.03. The Labute approximate surface area is 110 Å². The number of pyridine rings is 1. The number of rotatable bonds is 5. The molecule has 1 aliphatic rings. The van der Waals surface area contributed by atoms with Crippen molar-refractivity contribution >= 4 is 0 Å². The molecule has 3 nitrogen and oxygen atoms in total. The minimum atomic E-state index is 0.347.